The van der Waals surface area contributed by atoms with Gasteiger partial charge in [-0.25, -0.2) is 4.98 Å². The SMILES string of the molecule is C=CCCn1c(CNC(C)(C)C)cnc1C. The average molecular weight is 221 g/mol. The Labute approximate surface area is 98.6 Å². The van der Waals surface area contributed by atoms with Crippen molar-refractivity contribution in [2.45, 2.75) is 52.7 Å². The summed E-state index contributed by atoms with van der Waals surface area (Å²) in [5.74, 6) is 1.08. The van der Waals surface area contributed by atoms with Gasteiger partial charge >= 0.3 is 0 Å². The highest BCUT2D eigenvalue weighted by Crippen LogP contribution is 2.08. The quantitative estimate of drug-likeness (QED) is 0.775. The van der Waals surface area contributed by atoms with E-state index in [1.165, 1.54) is 5.69 Å². The molecule has 0 bridgehead atoms. The Morgan fingerprint density at radius 2 is 2.19 bits per heavy atom. The number of imidazole rings is 1. The Hall–Kier alpha value is -1.09. The highest BCUT2D eigenvalue weighted by atomic mass is 15.1. The largest absolute Gasteiger partial charge is 0.331 e. The summed E-state index contributed by atoms with van der Waals surface area (Å²) in [5.41, 5.74) is 1.39. The lowest BCUT2D eigenvalue weighted by Crippen LogP contribution is -2.35. The first-order chi connectivity index (χ1) is 7.44. The van der Waals surface area contributed by atoms with Crippen molar-refractivity contribution >= 4 is 0 Å². The van der Waals surface area contributed by atoms with E-state index in [2.05, 4.69) is 42.2 Å². The van der Waals surface area contributed by atoms with Crippen molar-refractivity contribution in [2.75, 3.05) is 0 Å². The van der Waals surface area contributed by atoms with Crippen molar-refractivity contribution in [1.29, 1.82) is 0 Å². The first-order valence-corrected chi connectivity index (χ1v) is 5.81. The molecule has 0 saturated heterocycles. The molecule has 1 heterocycles. The van der Waals surface area contributed by atoms with Crippen molar-refractivity contribution in [2.24, 2.45) is 0 Å². The summed E-state index contributed by atoms with van der Waals surface area (Å²) in [6.07, 6.45) is 4.89. The molecular formula is C13H23N3. The molecule has 1 aromatic rings. The van der Waals surface area contributed by atoms with Crippen LogP contribution < -0.4 is 5.32 Å². The Bertz CT molecular complexity index is 345. The van der Waals surface area contributed by atoms with Gasteiger partial charge in [-0.15, -0.1) is 6.58 Å². The molecule has 0 radical (unpaired) electrons. The van der Waals surface area contributed by atoms with Crippen molar-refractivity contribution in [3.05, 3.63) is 30.4 Å². The zero-order valence-electron chi connectivity index (χ0n) is 10.9. The number of hydrogen-bond donors (Lipinski definition) is 1. The van der Waals surface area contributed by atoms with Crippen LogP contribution in [0.2, 0.25) is 0 Å². The van der Waals surface area contributed by atoms with Crippen LogP contribution in [0.1, 0.15) is 38.7 Å². The molecule has 1 N–H and O–H groups in total. The molecule has 0 amide bonds. The minimum Gasteiger partial charge on any atom is -0.331 e. The van der Waals surface area contributed by atoms with E-state index >= 15 is 0 Å². The lowest BCUT2D eigenvalue weighted by molar-refractivity contribution is 0.415. The number of aromatic nitrogens is 2. The second-order valence-electron chi connectivity index (χ2n) is 5.13. The van der Waals surface area contributed by atoms with Crippen LogP contribution >= 0.6 is 0 Å². The highest BCUT2D eigenvalue weighted by molar-refractivity contribution is 5.05. The topological polar surface area (TPSA) is 29.9 Å². The van der Waals surface area contributed by atoms with Gasteiger partial charge in [0, 0.05) is 24.8 Å². The van der Waals surface area contributed by atoms with Crippen molar-refractivity contribution in [3.63, 3.8) is 0 Å². The number of nitrogens with one attached hydrogen (secondary N) is 1. The van der Waals surface area contributed by atoms with Crippen LogP contribution in [-0.2, 0) is 13.1 Å². The van der Waals surface area contributed by atoms with Gasteiger partial charge in [0.15, 0.2) is 0 Å². The standard InChI is InChI=1S/C13H23N3/c1-6-7-8-16-11(2)14-9-12(16)10-15-13(3,4)5/h6,9,15H,1,7-8,10H2,2-5H3. The molecule has 0 aliphatic rings. The second kappa shape index (κ2) is 5.30. The van der Waals surface area contributed by atoms with Gasteiger partial charge in [0.2, 0.25) is 0 Å². The molecule has 0 aromatic carbocycles. The zero-order valence-corrected chi connectivity index (χ0v) is 10.9. The summed E-state index contributed by atoms with van der Waals surface area (Å²) in [5, 5.41) is 3.48. The molecule has 1 aromatic heterocycles. The molecule has 0 fully saturated rings. The second-order valence-corrected chi connectivity index (χ2v) is 5.13. The number of allylic oxidation sites excluding steroid dienone is 1. The van der Waals surface area contributed by atoms with Crippen molar-refractivity contribution in [1.82, 2.24) is 14.9 Å². The third-order valence-electron chi connectivity index (χ3n) is 2.49. The maximum absolute atomic E-state index is 4.36. The fourth-order valence-corrected chi connectivity index (χ4v) is 1.54. The predicted molar refractivity (Wildman–Crippen MR) is 68.4 cm³/mol. The maximum Gasteiger partial charge on any atom is 0.105 e. The normalized spacial score (nSPS) is 11.8. The van der Waals surface area contributed by atoms with Gasteiger partial charge in [-0.3, -0.25) is 0 Å². The molecule has 3 nitrogen and oxygen atoms in total. The van der Waals surface area contributed by atoms with E-state index in [0.29, 0.717) is 0 Å². The molecule has 90 valence electrons. The van der Waals surface area contributed by atoms with Gasteiger partial charge < -0.3 is 9.88 Å². The Morgan fingerprint density at radius 3 is 2.75 bits per heavy atom. The van der Waals surface area contributed by atoms with Crippen LogP contribution in [0, 0.1) is 6.92 Å². The first kappa shape index (κ1) is 13.0. The minimum atomic E-state index is 0.140. The average Bonchev–Trinajstić information content (AvgIpc) is 2.52. The summed E-state index contributed by atoms with van der Waals surface area (Å²) < 4.78 is 2.25. The number of nitrogens with zero attached hydrogens (tertiary/aromatic N) is 2. The molecule has 16 heavy (non-hydrogen) atoms. The van der Waals surface area contributed by atoms with Crippen LogP contribution in [0.15, 0.2) is 18.9 Å². The number of aryl methyl sites for hydroxylation is 1. The van der Waals surface area contributed by atoms with E-state index in [1.807, 2.05) is 19.2 Å². The van der Waals surface area contributed by atoms with Gasteiger partial charge in [0.05, 0.1) is 5.69 Å². The molecular weight excluding hydrogens is 198 g/mol. The fourth-order valence-electron chi connectivity index (χ4n) is 1.54. The Morgan fingerprint density at radius 1 is 1.50 bits per heavy atom. The smallest absolute Gasteiger partial charge is 0.105 e. The Balaban J connectivity index is 2.68. The molecule has 0 unspecified atom stereocenters. The molecule has 1 rings (SSSR count). The number of rotatable bonds is 5. The fraction of sp³-hybridized carbons (Fsp3) is 0.615. The van der Waals surface area contributed by atoms with Gasteiger partial charge in [0.1, 0.15) is 5.82 Å². The monoisotopic (exact) mass is 221 g/mol. The Kier molecular flexibility index (Phi) is 4.30. The highest BCUT2D eigenvalue weighted by Gasteiger charge is 2.11. The lowest BCUT2D eigenvalue weighted by atomic mass is 10.1. The van der Waals surface area contributed by atoms with E-state index in [4.69, 9.17) is 0 Å². The van der Waals surface area contributed by atoms with Crippen LogP contribution in [0.25, 0.3) is 0 Å². The van der Waals surface area contributed by atoms with Gasteiger partial charge in [-0.05, 0) is 34.1 Å². The summed E-state index contributed by atoms with van der Waals surface area (Å²) in [6, 6.07) is 0. The third kappa shape index (κ3) is 3.81. The predicted octanol–water partition coefficient (Wildman–Crippen LogP) is 2.66. The van der Waals surface area contributed by atoms with Crippen LogP contribution in [-0.4, -0.2) is 15.1 Å². The van der Waals surface area contributed by atoms with E-state index in [-0.39, 0.29) is 5.54 Å². The molecule has 0 aliphatic heterocycles. The molecule has 0 atom stereocenters. The van der Waals surface area contributed by atoms with Crippen LogP contribution in [0.4, 0.5) is 0 Å². The molecule has 3 heteroatoms. The van der Waals surface area contributed by atoms with Gasteiger partial charge in [-0.1, -0.05) is 6.08 Å². The van der Waals surface area contributed by atoms with Crippen LogP contribution in [0.5, 0.6) is 0 Å². The summed E-state index contributed by atoms with van der Waals surface area (Å²) in [6.45, 7) is 14.1. The summed E-state index contributed by atoms with van der Waals surface area (Å²) in [4.78, 5) is 4.36. The van der Waals surface area contributed by atoms with E-state index in [0.717, 1.165) is 25.3 Å². The first-order valence-electron chi connectivity index (χ1n) is 5.81. The van der Waals surface area contributed by atoms with E-state index in [1.54, 1.807) is 0 Å². The maximum atomic E-state index is 4.36. The lowest BCUT2D eigenvalue weighted by Gasteiger charge is -2.21. The van der Waals surface area contributed by atoms with Crippen molar-refractivity contribution < 1.29 is 0 Å². The molecule has 0 spiro atoms. The summed E-state index contributed by atoms with van der Waals surface area (Å²) >= 11 is 0. The molecule has 0 aliphatic carbocycles. The molecule has 0 saturated carbocycles. The van der Waals surface area contributed by atoms with E-state index < -0.39 is 0 Å². The number of hydrogen-bond acceptors (Lipinski definition) is 2. The third-order valence-corrected chi connectivity index (χ3v) is 2.49. The zero-order chi connectivity index (χ0) is 12.2. The van der Waals surface area contributed by atoms with Gasteiger partial charge in [-0.2, -0.15) is 0 Å². The van der Waals surface area contributed by atoms with Crippen LogP contribution in [0.3, 0.4) is 0 Å². The minimum absolute atomic E-state index is 0.140. The summed E-state index contributed by atoms with van der Waals surface area (Å²) in [7, 11) is 0. The van der Waals surface area contributed by atoms with E-state index in [9.17, 15) is 0 Å². The van der Waals surface area contributed by atoms with Crippen molar-refractivity contribution in [3.8, 4) is 0 Å². The van der Waals surface area contributed by atoms with Gasteiger partial charge in [0.25, 0.3) is 0 Å².